The average Bonchev–Trinajstić information content (AvgIpc) is 3.16. The van der Waals surface area contributed by atoms with Crippen molar-refractivity contribution < 1.29 is 19.0 Å². The molecule has 1 aromatic carbocycles. The van der Waals surface area contributed by atoms with Gasteiger partial charge in [-0.2, -0.15) is 5.10 Å². The monoisotopic (exact) mass is 428 g/mol. The SMILES string of the molecule is Cc1ncn(-c2ccc(CNC(=O)c3nc4n(c(=O)c3O)CCOC4(C)C)c(F)c2)n1. The number of ether oxygens (including phenoxy) is 1. The molecule has 1 aliphatic heterocycles. The molecule has 0 saturated carbocycles. The zero-order chi connectivity index (χ0) is 22.3. The number of aromatic hydroxyl groups is 1. The van der Waals surface area contributed by atoms with Crippen molar-refractivity contribution in [3.63, 3.8) is 0 Å². The van der Waals surface area contributed by atoms with Crippen LogP contribution in [0.1, 0.15) is 41.5 Å². The minimum atomic E-state index is -0.901. The van der Waals surface area contributed by atoms with Gasteiger partial charge in [-0.15, -0.1) is 0 Å². The fourth-order valence-corrected chi connectivity index (χ4v) is 3.38. The zero-order valence-electron chi connectivity index (χ0n) is 17.2. The Balaban J connectivity index is 1.56. The molecule has 0 unspecified atom stereocenters. The van der Waals surface area contributed by atoms with E-state index < -0.39 is 34.3 Å². The maximum atomic E-state index is 14.5. The lowest BCUT2D eigenvalue weighted by Gasteiger charge is -2.32. The van der Waals surface area contributed by atoms with E-state index in [1.807, 2.05) is 0 Å². The van der Waals surface area contributed by atoms with E-state index in [0.29, 0.717) is 11.5 Å². The van der Waals surface area contributed by atoms with Crippen molar-refractivity contribution in [2.24, 2.45) is 0 Å². The molecular formula is C20H21FN6O4. The Labute approximate surface area is 176 Å². The Morgan fingerprint density at radius 3 is 2.84 bits per heavy atom. The molecule has 162 valence electrons. The van der Waals surface area contributed by atoms with Gasteiger partial charge in [-0.1, -0.05) is 6.07 Å². The highest BCUT2D eigenvalue weighted by Gasteiger charge is 2.34. The van der Waals surface area contributed by atoms with Crippen molar-refractivity contribution in [1.82, 2.24) is 29.6 Å². The van der Waals surface area contributed by atoms with Crippen molar-refractivity contribution >= 4 is 5.91 Å². The number of amides is 1. The summed E-state index contributed by atoms with van der Waals surface area (Å²) in [6.45, 7) is 5.51. The molecule has 2 N–H and O–H groups in total. The fourth-order valence-electron chi connectivity index (χ4n) is 3.38. The van der Waals surface area contributed by atoms with Crippen LogP contribution in [0.4, 0.5) is 4.39 Å². The lowest BCUT2D eigenvalue weighted by molar-refractivity contribution is -0.0566. The molecular weight excluding hydrogens is 407 g/mol. The number of aryl methyl sites for hydroxylation is 1. The number of benzene rings is 1. The van der Waals surface area contributed by atoms with E-state index in [9.17, 15) is 19.1 Å². The van der Waals surface area contributed by atoms with Gasteiger partial charge in [0.2, 0.25) is 5.75 Å². The van der Waals surface area contributed by atoms with Crippen LogP contribution in [0.25, 0.3) is 5.69 Å². The van der Waals surface area contributed by atoms with E-state index in [4.69, 9.17) is 4.74 Å². The van der Waals surface area contributed by atoms with Crippen molar-refractivity contribution in [3.05, 3.63) is 63.6 Å². The number of nitrogens with one attached hydrogen (secondary N) is 1. The Bertz CT molecular complexity index is 1230. The predicted octanol–water partition coefficient (Wildman–Crippen LogP) is 1.17. The summed E-state index contributed by atoms with van der Waals surface area (Å²) in [4.78, 5) is 33.3. The molecule has 3 heterocycles. The molecule has 0 saturated heterocycles. The summed E-state index contributed by atoms with van der Waals surface area (Å²) in [7, 11) is 0. The van der Waals surface area contributed by atoms with Crippen molar-refractivity contribution in [2.45, 2.75) is 39.5 Å². The van der Waals surface area contributed by atoms with Crippen molar-refractivity contribution in [3.8, 4) is 11.4 Å². The van der Waals surface area contributed by atoms with Crippen LogP contribution in [0.3, 0.4) is 0 Å². The second kappa shape index (κ2) is 7.58. The molecule has 0 spiro atoms. The van der Waals surface area contributed by atoms with Gasteiger partial charge in [0, 0.05) is 12.1 Å². The summed E-state index contributed by atoms with van der Waals surface area (Å²) in [5.41, 5.74) is -1.35. The molecule has 2 aromatic heterocycles. The summed E-state index contributed by atoms with van der Waals surface area (Å²) in [6, 6.07) is 4.42. The molecule has 31 heavy (non-hydrogen) atoms. The van der Waals surface area contributed by atoms with Gasteiger partial charge < -0.3 is 15.2 Å². The second-order valence-corrected chi connectivity index (χ2v) is 7.64. The molecule has 0 atom stereocenters. The number of fused-ring (bicyclic) bond motifs is 1. The van der Waals surface area contributed by atoms with Gasteiger partial charge in [0.15, 0.2) is 5.69 Å². The lowest BCUT2D eigenvalue weighted by atomic mass is 10.1. The number of halogens is 1. The third-order valence-corrected chi connectivity index (χ3v) is 5.02. The van der Waals surface area contributed by atoms with Gasteiger partial charge in [-0.05, 0) is 32.9 Å². The highest BCUT2D eigenvalue weighted by molar-refractivity contribution is 5.94. The van der Waals surface area contributed by atoms with Crippen LogP contribution >= 0.6 is 0 Å². The maximum absolute atomic E-state index is 14.5. The zero-order valence-corrected chi connectivity index (χ0v) is 17.2. The first-order valence-corrected chi connectivity index (χ1v) is 9.61. The fraction of sp³-hybridized carbons (Fsp3) is 0.350. The average molecular weight is 428 g/mol. The highest BCUT2D eigenvalue weighted by atomic mass is 19.1. The summed E-state index contributed by atoms with van der Waals surface area (Å²) < 4.78 is 22.9. The van der Waals surface area contributed by atoms with Crippen LogP contribution in [0, 0.1) is 12.7 Å². The summed E-state index contributed by atoms with van der Waals surface area (Å²) in [6.07, 6.45) is 1.47. The van der Waals surface area contributed by atoms with E-state index in [1.165, 1.54) is 27.7 Å². The van der Waals surface area contributed by atoms with Crippen LogP contribution in [-0.4, -0.2) is 41.9 Å². The van der Waals surface area contributed by atoms with Crippen LogP contribution in [0.15, 0.2) is 29.3 Å². The van der Waals surface area contributed by atoms with Crippen LogP contribution in [0.2, 0.25) is 0 Å². The first-order chi connectivity index (χ1) is 14.7. The Hall–Kier alpha value is -3.60. The molecule has 0 fully saturated rings. The molecule has 0 radical (unpaired) electrons. The third kappa shape index (κ3) is 3.79. The van der Waals surface area contributed by atoms with Crippen molar-refractivity contribution in [1.29, 1.82) is 0 Å². The molecule has 0 bridgehead atoms. The number of hydrogen-bond acceptors (Lipinski definition) is 7. The molecule has 11 heteroatoms. The third-order valence-electron chi connectivity index (χ3n) is 5.02. The summed E-state index contributed by atoms with van der Waals surface area (Å²) in [5.74, 6) is -1.31. The van der Waals surface area contributed by atoms with Gasteiger partial charge in [-0.25, -0.2) is 19.0 Å². The van der Waals surface area contributed by atoms with Gasteiger partial charge in [0.1, 0.15) is 29.4 Å². The van der Waals surface area contributed by atoms with Gasteiger partial charge in [0.25, 0.3) is 11.5 Å². The molecule has 4 rings (SSSR count). The second-order valence-electron chi connectivity index (χ2n) is 7.64. The number of hydrogen-bond donors (Lipinski definition) is 2. The molecule has 1 aliphatic rings. The first-order valence-electron chi connectivity index (χ1n) is 9.61. The molecule has 0 aliphatic carbocycles. The first kappa shape index (κ1) is 20.7. The maximum Gasteiger partial charge on any atom is 0.296 e. The van der Waals surface area contributed by atoms with E-state index in [2.05, 4.69) is 20.4 Å². The number of aromatic nitrogens is 5. The van der Waals surface area contributed by atoms with E-state index in [-0.39, 0.29) is 31.1 Å². The van der Waals surface area contributed by atoms with E-state index >= 15 is 0 Å². The molecule has 1 amide bonds. The topological polar surface area (TPSA) is 124 Å². The summed E-state index contributed by atoms with van der Waals surface area (Å²) >= 11 is 0. The number of nitrogens with zero attached hydrogens (tertiary/aromatic N) is 5. The lowest BCUT2D eigenvalue weighted by Crippen LogP contribution is -2.42. The van der Waals surface area contributed by atoms with Crippen LogP contribution in [-0.2, 0) is 23.4 Å². The summed E-state index contributed by atoms with van der Waals surface area (Å²) in [5, 5.41) is 16.8. The van der Waals surface area contributed by atoms with E-state index in [1.54, 1.807) is 26.8 Å². The van der Waals surface area contributed by atoms with E-state index in [0.717, 1.165) is 0 Å². The Kier molecular flexibility index (Phi) is 5.05. The molecule has 3 aromatic rings. The smallest absolute Gasteiger partial charge is 0.296 e. The van der Waals surface area contributed by atoms with Crippen LogP contribution < -0.4 is 10.9 Å². The highest BCUT2D eigenvalue weighted by Crippen LogP contribution is 2.27. The Morgan fingerprint density at radius 2 is 2.16 bits per heavy atom. The minimum absolute atomic E-state index is 0.166. The van der Waals surface area contributed by atoms with Gasteiger partial charge >= 0.3 is 0 Å². The largest absolute Gasteiger partial charge is 0.501 e. The predicted molar refractivity (Wildman–Crippen MR) is 106 cm³/mol. The Morgan fingerprint density at radius 1 is 1.39 bits per heavy atom. The van der Waals surface area contributed by atoms with Crippen molar-refractivity contribution in [2.75, 3.05) is 6.61 Å². The minimum Gasteiger partial charge on any atom is -0.501 e. The normalized spacial score (nSPS) is 14.8. The number of rotatable bonds is 4. The van der Waals surface area contributed by atoms with Gasteiger partial charge in [0.05, 0.1) is 18.8 Å². The van der Waals surface area contributed by atoms with Crippen LogP contribution in [0.5, 0.6) is 5.75 Å². The molecule has 10 nitrogen and oxygen atoms in total. The van der Waals surface area contributed by atoms with Gasteiger partial charge in [-0.3, -0.25) is 14.2 Å². The quantitative estimate of drug-likeness (QED) is 0.639. The number of carbonyl (C=O) groups is 1. The number of carbonyl (C=O) groups excluding carboxylic acids is 1. The standard InChI is InChI=1S/C20H21FN6O4/c1-11-23-10-27(25-11)13-5-4-12(14(21)8-13)9-22-17(29)15-16(28)18(30)26-6-7-31-20(2,3)19(26)24-15/h4-5,8,10,28H,6-7,9H2,1-3H3,(H,22,29).